The van der Waals surface area contributed by atoms with E-state index >= 15 is 0 Å². The Morgan fingerprint density at radius 3 is 2.86 bits per heavy atom. The molecular formula is C10H11ClN2O. The van der Waals surface area contributed by atoms with Crippen LogP contribution in [0, 0.1) is 0 Å². The third-order valence-electron chi connectivity index (χ3n) is 2.30. The zero-order valence-electron chi connectivity index (χ0n) is 7.53. The van der Waals surface area contributed by atoms with Crippen molar-refractivity contribution in [3.63, 3.8) is 0 Å². The maximum Gasteiger partial charge on any atom is 0.127 e. The van der Waals surface area contributed by atoms with Gasteiger partial charge in [0.1, 0.15) is 5.76 Å². The highest BCUT2D eigenvalue weighted by Crippen LogP contribution is 2.32. The van der Waals surface area contributed by atoms with Crippen LogP contribution < -0.4 is 11.5 Å². The third-order valence-corrected chi connectivity index (χ3v) is 2.63. The molecule has 1 aromatic heterocycles. The van der Waals surface area contributed by atoms with Crippen LogP contribution in [0.2, 0.25) is 0 Å². The minimum absolute atomic E-state index is 0.482. The normalized spacial score (nSPS) is 27.0. The van der Waals surface area contributed by atoms with E-state index in [1.807, 2.05) is 12.1 Å². The number of hydrogen-bond donors (Lipinski definition) is 2. The van der Waals surface area contributed by atoms with E-state index in [1.54, 1.807) is 18.4 Å². The second-order valence-corrected chi connectivity index (χ2v) is 3.78. The number of hydrogen-bond acceptors (Lipinski definition) is 3. The predicted molar refractivity (Wildman–Crippen MR) is 55.4 cm³/mol. The zero-order chi connectivity index (χ0) is 10.2. The minimum atomic E-state index is -0.663. The van der Waals surface area contributed by atoms with Gasteiger partial charge in [0.25, 0.3) is 0 Å². The van der Waals surface area contributed by atoms with E-state index in [2.05, 4.69) is 0 Å². The first-order chi connectivity index (χ1) is 6.62. The molecule has 0 aliphatic heterocycles. The van der Waals surface area contributed by atoms with Gasteiger partial charge in [-0.05, 0) is 24.6 Å². The molecule has 1 atom stereocenters. The Kier molecular flexibility index (Phi) is 2.13. The first-order valence-corrected chi connectivity index (χ1v) is 4.67. The predicted octanol–water partition coefficient (Wildman–Crippen LogP) is 1.80. The molecule has 1 heterocycles. The molecule has 0 saturated heterocycles. The van der Waals surface area contributed by atoms with E-state index in [-0.39, 0.29) is 0 Å². The largest absolute Gasteiger partial charge is 0.467 e. The summed E-state index contributed by atoms with van der Waals surface area (Å²) >= 11 is 5.91. The van der Waals surface area contributed by atoms with E-state index in [4.69, 9.17) is 27.5 Å². The second-order valence-electron chi connectivity index (χ2n) is 3.37. The SMILES string of the molecule is NC1=CCC(N)(c2ccco2)C=C1Cl. The molecule has 0 fully saturated rings. The maximum absolute atomic E-state index is 6.12. The van der Waals surface area contributed by atoms with Crippen LogP contribution in [-0.2, 0) is 5.54 Å². The molecule has 4 N–H and O–H groups in total. The standard InChI is InChI=1S/C10H11ClN2O/c11-7-6-10(13,4-3-8(7)12)9-2-1-5-14-9/h1-3,5-6H,4,12-13H2. The van der Waals surface area contributed by atoms with Gasteiger partial charge < -0.3 is 15.9 Å². The third kappa shape index (κ3) is 1.45. The molecule has 0 aromatic carbocycles. The highest BCUT2D eigenvalue weighted by molar-refractivity contribution is 6.32. The molecule has 2 rings (SSSR count). The monoisotopic (exact) mass is 210 g/mol. The van der Waals surface area contributed by atoms with Crippen molar-refractivity contribution < 1.29 is 4.42 Å². The fraction of sp³-hybridized carbons (Fsp3) is 0.200. The van der Waals surface area contributed by atoms with Crippen LogP contribution >= 0.6 is 11.6 Å². The topological polar surface area (TPSA) is 65.2 Å². The highest BCUT2D eigenvalue weighted by Gasteiger charge is 2.30. The molecular weight excluding hydrogens is 200 g/mol. The summed E-state index contributed by atoms with van der Waals surface area (Å²) in [4.78, 5) is 0. The van der Waals surface area contributed by atoms with Crippen LogP contribution in [0.4, 0.5) is 0 Å². The summed E-state index contributed by atoms with van der Waals surface area (Å²) in [6.07, 6.45) is 5.73. The summed E-state index contributed by atoms with van der Waals surface area (Å²) in [5.41, 5.74) is 11.7. The fourth-order valence-electron chi connectivity index (χ4n) is 1.46. The van der Waals surface area contributed by atoms with E-state index in [0.717, 1.165) is 0 Å². The Balaban J connectivity index is 2.38. The number of furan rings is 1. The van der Waals surface area contributed by atoms with Gasteiger partial charge in [0.15, 0.2) is 0 Å². The van der Waals surface area contributed by atoms with Crippen molar-refractivity contribution in [1.29, 1.82) is 0 Å². The van der Waals surface area contributed by atoms with Gasteiger partial charge >= 0.3 is 0 Å². The molecule has 3 nitrogen and oxygen atoms in total. The Labute approximate surface area is 87.0 Å². The van der Waals surface area contributed by atoms with Gasteiger partial charge in [-0.2, -0.15) is 0 Å². The molecule has 1 aromatic rings. The molecule has 0 radical (unpaired) electrons. The van der Waals surface area contributed by atoms with Crippen molar-refractivity contribution in [2.45, 2.75) is 12.0 Å². The molecule has 4 heteroatoms. The Hall–Kier alpha value is -1.19. The lowest BCUT2D eigenvalue weighted by Gasteiger charge is -2.26. The quantitative estimate of drug-likeness (QED) is 0.743. The van der Waals surface area contributed by atoms with Gasteiger partial charge in [-0.25, -0.2) is 0 Å². The minimum Gasteiger partial charge on any atom is -0.467 e. The Morgan fingerprint density at radius 1 is 1.50 bits per heavy atom. The van der Waals surface area contributed by atoms with Crippen LogP contribution in [-0.4, -0.2) is 0 Å². The van der Waals surface area contributed by atoms with Gasteiger partial charge in [-0.15, -0.1) is 0 Å². The van der Waals surface area contributed by atoms with E-state index in [1.165, 1.54) is 0 Å². The Morgan fingerprint density at radius 2 is 2.29 bits per heavy atom. The fourth-order valence-corrected chi connectivity index (χ4v) is 1.73. The second kappa shape index (κ2) is 3.19. The van der Waals surface area contributed by atoms with Crippen LogP contribution in [0.25, 0.3) is 0 Å². The first-order valence-electron chi connectivity index (χ1n) is 4.29. The molecule has 14 heavy (non-hydrogen) atoms. The maximum atomic E-state index is 6.12. The van der Waals surface area contributed by atoms with Gasteiger partial charge in [-0.1, -0.05) is 17.7 Å². The molecule has 0 spiro atoms. The summed E-state index contributed by atoms with van der Waals surface area (Å²) in [5, 5.41) is 0.482. The molecule has 1 unspecified atom stereocenters. The summed E-state index contributed by atoms with van der Waals surface area (Å²) < 4.78 is 5.26. The zero-order valence-corrected chi connectivity index (χ0v) is 8.29. The van der Waals surface area contributed by atoms with Gasteiger partial charge in [0.05, 0.1) is 16.8 Å². The van der Waals surface area contributed by atoms with Gasteiger partial charge in [0.2, 0.25) is 0 Å². The lowest BCUT2D eigenvalue weighted by molar-refractivity contribution is 0.401. The first kappa shape index (κ1) is 9.37. The molecule has 0 bridgehead atoms. The van der Waals surface area contributed by atoms with Crippen molar-refractivity contribution in [2.75, 3.05) is 0 Å². The van der Waals surface area contributed by atoms with Crippen molar-refractivity contribution >= 4 is 11.6 Å². The number of nitrogens with two attached hydrogens (primary N) is 2. The van der Waals surface area contributed by atoms with Crippen LogP contribution in [0.3, 0.4) is 0 Å². The van der Waals surface area contributed by atoms with E-state index < -0.39 is 5.54 Å². The van der Waals surface area contributed by atoms with E-state index in [0.29, 0.717) is 22.9 Å². The van der Waals surface area contributed by atoms with Crippen LogP contribution in [0.15, 0.2) is 45.7 Å². The average Bonchev–Trinajstić information content (AvgIpc) is 2.65. The van der Waals surface area contributed by atoms with Crippen LogP contribution in [0.5, 0.6) is 0 Å². The Bertz CT molecular complexity index is 394. The summed E-state index contributed by atoms with van der Waals surface area (Å²) in [7, 11) is 0. The summed E-state index contributed by atoms with van der Waals surface area (Å²) in [5.74, 6) is 0.694. The summed E-state index contributed by atoms with van der Waals surface area (Å²) in [6, 6.07) is 3.63. The number of rotatable bonds is 1. The smallest absolute Gasteiger partial charge is 0.127 e. The molecule has 1 aliphatic rings. The summed E-state index contributed by atoms with van der Waals surface area (Å²) in [6.45, 7) is 0. The van der Waals surface area contributed by atoms with Gasteiger partial charge in [0, 0.05) is 5.70 Å². The number of halogens is 1. The molecule has 0 saturated carbocycles. The van der Waals surface area contributed by atoms with Gasteiger partial charge in [-0.3, -0.25) is 0 Å². The number of allylic oxidation sites excluding steroid dienone is 1. The molecule has 1 aliphatic carbocycles. The lowest BCUT2D eigenvalue weighted by atomic mass is 9.89. The lowest BCUT2D eigenvalue weighted by Crippen LogP contribution is -2.35. The van der Waals surface area contributed by atoms with Crippen molar-refractivity contribution in [2.24, 2.45) is 11.5 Å². The van der Waals surface area contributed by atoms with E-state index in [9.17, 15) is 0 Å². The highest BCUT2D eigenvalue weighted by atomic mass is 35.5. The molecule has 0 amide bonds. The van der Waals surface area contributed by atoms with Crippen molar-refractivity contribution in [1.82, 2.24) is 0 Å². The van der Waals surface area contributed by atoms with Crippen LogP contribution in [0.1, 0.15) is 12.2 Å². The van der Waals surface area contributed by atoms with Crippen molar-refractivity contribution in [3.8, 4) is 0 Å². The average molecular weight is 211 g/mol. The molecule has 74 valence electrons. The van der Waals surface area contributed by atoms with Crippen molar-refractivity contribution in [3.05, 3.63) is 47.0 Å².